The van der Waals surface area contributed by atoms with Crippen LogP contribution in [0.25, 0.3) is 6.08 Å². The molecule has 0 bridgehead atoms. The first kappa shape index (κ1) is 13.4. The van der Waals surface area contributed by atoms with Gasteiger partial charge in [-0.25, -0.2) is 4.79 Å². The van der Waals surface area contributed by atoms with Crippen molar-refractivity contribution in [3.05, 3.63) is 28.5 Å². The fraction of sp³-hybridized carbons (Fsp3) is 0.273. The van der Waals surface area contributed by atoms with Crippen molar-refractivity contribution in [1.29, 1.82) is 0 Å². The summed E-state index contributed by atoms with van der Waals surface area (Å²) in [6, 6.07) is 3.75. The van der Waals surface area contributed by atoms with Crippen molar-refractivity contribution < 1.29 is 19.4 Å². The summed E-state index contributed by atoms with van der Waals surface area (Å²) in [5.41, 5.74) is 0. The van der Waals surface area contributed by atoms with Crippen LogP contribution in [0.3, 0.4) is 0 Å². The summed E-state index contributed by atoms with van der Waals surface area (Å²) in [5.74, 6) is -1.14. The number of nitrogens with one attached hydrogen (secondary N) is 1. The van der Waals surface area contributed by atoms with Gasteiger partial charge in [0.1, 0.15) is 0 Å². The highest BCUT2D eigenvalue weighted by molar-refractivity contribution is 7.10. The molecule has 0 aliphatic heterocycles. The molecule has 1 aromatic heterocycles. The molecular weight excluding hydrogens is 242 g/mol. The maximum Gasteiger partial charge on any atom is 0.336 e. The van der Waals surface area contributed by atoms with Crippen molar-refractivity contribution in [2.45, 2.75) is 6.10 Å². The average molecular weight is 255 g/mol. The van der Waals surface area contributed by atoms with Gasteiger partial charge in [-0.2, -0.15) is 0 Å². The Morgan fingerprint density at radius 2 is 2.41 bits per heavy atom. The first-order chi connectivity index (χ1) is 8.13. The number of amides is 1. The van der Waals surface area contributed by atoms with Gasteiger partial charge in [0.2, 0.25) is 5.91 Å². The minimum Gasteiger partial charge on any atom is -0.467 e. The second-order valence-corrected chi connectivity index (χ2v) is 4.11. The molecule has 17 heavy (non-hydrogen) atoms. The average Bonchev–Trinajstić information content (AvgIpc) is 2.85. The number of esters is 1. The first-order valence-electron chi connectivity index (χ1n) is 4.89. The molecule has 5 nitrogen and oxygen atoms in total. The largest absolute Gasteiger partial charge is 0.467 e. The van der Waals surface area contributed by atoms with Crippen LogP contribution in [-0.4, -0.2) is 36.7 Å². The van der Waals surface area contributed by atoms with Crippen molar-refractivity contribution in [2.24, 2.45) is 0 Å². The van der Waals surface area contributed by atoms with E-state index in [1.807, 2.05) is 17.5 Å². The molecule has 92 valence electrons. The second kappa shape index (κ2) is 6.82. The van der Waals surface area contributed by atoms with E-state index in [1.165, 1.54) is 24.5 Å². The molecule has 0 radical (unpaired) electrons. The summed E-state index contributed by atoms with van der Waals surface area (Å²) >= 11 is 1.51. The number of carbonyl (C=O) groups excluding carboxylic acids is 2. The Bertz CT molecular complexity index is 400. The highest BCUT2D eigenvalue weighted by Crippen LogP contribution is 2.09. The monoisotopic (exact) mass is 255 g/mol. The van der Waals surface area contributed by atoms with Crippen LogP contribution in [0.4, 0.5) is 0 Å². The topological polar surface area (TPSA) is 75.6 Å². The van der Waals surface area contributed by atoms with Gasteiger partial charge in [0.25, 0.3) is 0 Å². The molecule has 0 saturated carbocycles. The number of hydrogen-bond acceptors (Lipinski definition) is 5. The lowest BCUT2D eigenvalue weighted by Gasteiger charge is -2.07. The van der Waals surface area contributed by atoms with Gasteiger partial charge in [0.15, 0.2) is 6.10 Å². The molecule has 1 amide bonds. The molecule has 0 aromatic carbocycles. The number of hydrogen-bond donors (Lipinski definition) is 2. The molecule has 1 heterocycles. The van der Waals surface area contributed by atoms with E-state index in [0.29, 0.717) is 0 Å². The molecule has 1 unspecified atom stereocenters. The Balaban J connectivity index is 2.33. The lowest BCUT2D eigenvalue weighted by atomic mass is 10.3. The number of rotatable bonds is 5. The van der Waals surface area contributed by atoms with Gasteiger partial charge in [-0.1, -0.05) is 6.07 Å². The standard InChI is InChI=1S/C11H13NO4S/c1-16-11(15)9(13)7-12-10(14)5-4-8-3-2-6-17-8/h2-6,9,13H,7H2,1H3,(H,12,14)/b5-4+. The summed E-state index contributed by atoms with van der Waals surface area (Å²) in [4.78, 5) is 23.1. The number of carbonyl (C=O) groups is 2. The van der Waals surface area contributed by atoms with Crippen molar-refractivity contribution in [3.63, 3.8) is 0 Å². The van der Waals surface area contributed by atoms with Gasteiger partial charge >= 0.3 is 5.97 Å². The predicted octanol–water partition coefficient (Wildman–Crippen LogP) is 0.411. The fourth-order valence-electron chi connectivity index (χ4n) is 1.02. The molecule has 1 aromatic rings. The van der Waals surface area contributed by atoms with Crippen molar-refractivity contribution in [2.75, 3.05) is 13.7 Å². The quantitative estimate of drug-likeness (QED) is 0.590. The van der Waals surface area contributed by atoms with E-state index < -0.39 is 12.1 Å². The molecule has 2 N–H and O–H groups in total. The number of aliphatic hydroxyl groups excluding tert-OH is 1. The molecule has 0 aliphatic carbocycles. The number of ether oxygens (including phenoxy) is 1. The fourth-order valence-corrected chi connectivity index (χ4v) is 1.64. The van der Waals surface area contributed by atoms with E-state index in [9.17, 15) is 14.7 Å². The van der Waals surface area contributed by atoms with Crippen LogP contribution < -0.4 is 5.32 Å². The van der Waals surface area contributed by atoms with Gasteiger partial charge in [0, 0.05) is 11.0 Å². The first-order valence-corrected chi connectivity index (χ1v) is 5.76. The SMILES string of the molecule is COC(=O)C(O)CNC(=O)/C=C/c1cccs1. The predicted molar refractivity (Wildman–Crippen MR) is 64.4 cm³/mol. The maximum atomic E-state index is 11.3. The van der Waals surface area contributed by atoms with E-state index >= 15 is 0 Å². The summed E-state index contributed by atoms with van der Waals surface area (Å²) in [7, 11) is 1.17. The summed E-state index contributed by atoms with van der Waals surface area (Å²) in [5, 5.41) is 13.5. The summed E-state index contributed by atoms with van der Waals surface area (Å²) in [6.07, 6.45) is 1.67. The molecular formula is C11H13NO4S. The second-order valence-electron chi connectivity index (χ2n) is 3.13. The van der Waals surface area contributed by atoms with Crippen molar-refractivity contribution >= 4 is 29.3 Å². The zero-order valence-electron chi connectivity index (χ0n) is 9.25. The van der Waals surface area contributed by atoms with Gasteiger partial charge < -0.3 is 15.2 Å². The molecule has 1 rings (SSSR count). The molecule has 0 saturated heterocycles. The van der Waals surface area contributed by atoms with Gasteiger partial charge in [0.05, 0.1) is 13.7 Å². The third-order valence-electron chi connectivity index (χ3n) is 1.89. The van der Waals surface area contributed by atoms with E-state index in [1.54, 1.807) is 6.08 Å². The van der Waals surface area contributed by atoms with Crippen LogP contribution in [0.2, 0.25) is 0 Å². The van der Waals surface area contributed by atoms with Crippen LogP contribution in [-0.2, 0) is 14.3 Å². The maximum absolute atomic E-state index is 11.3. The number of thiophene rings is 1. The van der Waals surface area contributed by atoms with E-state index in [-0.39, 0.29) is 12.5 Å². The molecule has 0 spiro atoms. The van der Waals surface area contributed by atoms with Crippen molar-refractivity contribution in [1.82, 2.24) is 5.32 Å². The lowest BCUT2D eigenvalue weighted by molar-refractivity contribution is -0.150. The zero-order chi connectivity index (χ0) is 12.7. The highest BCUT2D eigenvalue weighted by atomic mass is 32.1. The lowest BCUT2D eigenvalue weighted by Crippen LogP contribution is -2.36. The van der Waals surface area contributed by atoms with E-state index in [4.69, 9.17) is 0 Å². The summed E-state index contributed by atoms with van der Waals surface area (Å²) < 4.78 is 4.31. The molecule has 1 atom stereocenters. The normalized spacial score (nSPS) is 12.4. The minimum absolute atomic E-state index is 0.166. The number of methoxy groups -OCH3 is 1. The third kappa shape index (κ3) is 4.80. The number of aliphatic hydroxyl groups is 1. The van der Waals surface area contributed by atoms with Crippen molar-refractivity contribution in [3.8, 4) is 0 Å². The molecule has 0 fully saturated rings. The molecule has 0 aliphatic rings. The Hall–Kier alpha value is -1.66. The Morgan fingerprint density at radius 3 is 3.00 bits per heavy atom. The summed E-state index contributed by atoms with van der Waals surface area (Å²) in [6.45, 7) is -0.166. The Kier molecular flexibility index (Phi) is 5.38. The van der Waals surface area contributed by atoms with Gasteiger partial charge in [-0.05, 0) is 17.5 Å². The van der Waals surface area contributed by atoms with Crippen LogP contribution in [0.5, 0.6) is 0 Å². The Labute approximate surface area is 103 Å². The minimum atomic E-state index is -1.33. The molecule has 6 heteroatoms. The zero-order valence-corrected chi connectivity index (χ0v) is 10.1. The van der Waals surface area contributed by atoms with E-state index in [0.717, 1.165) is 4.88 Å². The Morgan fingerprint density at radius 1 is 1.65 bits per heavy atom. The van der Waals surface area contributed by atoms with Crippen LogP contribution in [0, 0.1) is 0 Å². The van der Waals surface area contributed by atoms with Crippen LogP contribution in [0.15, 0.2) is 23.6 Å². The van der Waals surface area contributed by atoms with Gasteiger partial charge in [-0.15, -0.1) is 11.3 Å². The highest BCUT2D eigenvalue weighted by Gasteiger charge is 2.15. The van der Waals surface area contributed by atoms with Crippen LogP contribution >= 0.6 is 11.3 Å². The van der Waals surface area contributed by atoms with Gasteiger partial charge in [-0.3, -0.25) is 4.79 Å². The third-order valence-corrected chi connectivity index (χ3v) is 2.72. The van der Waals surface area contributed by atoms with E-state index in [2.05, 4.69) is 10.1 Å². The smallest absolute Gasteiger partial charge is 0.336 e. The van der Waals surface area contributed by atoms with Crippen LogP contribution in [0.1, 0.15) is 4.88 Å².